The van der Waals surface area contributed by atoms with Crippen LogP contribution in [-0.4, -0.2) is 10.4 Å². The van der Waals surface area contributed by atoms with Crippen molar-refractivity contribution in [3.63, 3.8) is 0 Å². The zero-order valence-electron chi connectivity index (χ0n) is 13.7. The third-order valence-corrected chi connectivity index (χ3v) is 6.96. The highest BCUT2D eigenvalue weighted by atomic mass is 127. The van der Waals surface area contributed by atoms with Crippen LogP contribution in [0.3, 0.4) is 0 Å². The predicted molar refractivity (Wildman–Crippen MR) is 97.3 cm³/mol. The van der Waals surface area contributed by atoms with Gasteiger partial charge in [0.15, 0.2) is 0 Å². The van der Waals surface area contributed by atoms with Gasteiger partial charge in [-0.05, 0) is 61.1 Å². The molecule has 0 bridgehead atoms. The molecule has 2 unspecified atom stereocenters. The van der Waals surface area contributed by atoms with E-state index >= 15 is 0 Å². The second-order valence-electron chi connectivity index (χ2n) is 7.56. The summed E-state index contributed by atoms with van der Waals surface area (Å²) in [4.78, 5) is 12.6. The van der Waals surface area contributed by atoms with Crippen molar-refractivity contribution in [2.24, 2.45) is 10.8 Å². The van der Waals surface area contributed by atoms with Crippen LogP contribution in [0.1, 0.15) is 62.8 Å². The molecule has 0 N–H and O–H groups in total. The number of aryl methyl sites for hydroxylation is 2. The van der Waals surface area contributed by atoms with Gasteiger partial charge < -0.3 is 4.74 Å². The quantitative estimate of drug-likeness (QED) is 0.394. The normalized spacial score (nSPS) is 26.9. The topological polar surface area (TPSA) is 26.3 Å². The van der Waals surface area contributed by atoms with Crippen LogP contribution in [0.15, 0.2) is 18.2 Å². The van der Waals surface area contributed by atoms with E-state index in [2.05, 4.69) is 54.6 Å². The number of hydrogen-bond acceptors (Lipinski definition) is 2. The molecule has 0 spiro atoms. The number of fused-ring (bicyclic) bond motifs is 1. The number of esters is 1. The summed E-state index contributed by atoms with van der Waals surface area (Å²) in [7, 11) is 0. The van der Waals surface area contributed by atoms with E-state index in [-0.39, 0.29) is 22.9 Å². The molecule has 2 nitrogen and oxygen atoms in total. The van der Waals surface area contributed by atoms with E-state index in [1.165, 1.54) is 30.4 Å². The van der Waals surface area contributed by atoms with Gasteiger partial charge in [-0.25, -0.2) is 0 Å². The lowest BCUT2D eigenvalue weighted by molar-refractivity contribution is -0.155. The molecule has 0 saturated heterocycles. The average molecular weight is 412 g/mol. The summed E-state index contributed by atoms with van der Waals surface area (Å²) in [5.74, 6) is -0.0166. The lowest BCUT2D eigenvalue weighted by Crippen LogP contribution is -2.26. The van der Waals surface area contributed by atoms with Crippen LogP contribution in [0.25, 0.3) is 0 Å². The number of carbonyl (C=O) groups is 1. The Morgan fingerprint density at radius 2 is 1.91 bits per heavy atom. The van der Waals surface area contributed by atoms with Crippen molar-refractivity contribution in [2.75, 3.05) is 4.43 Å². The number of halogens is 1. The van der Waals surface area contributed by atoms with Crippen LogP contribution >= 0.6 is 22.6 Å². The highest BCUT2D eigenvalue weighted by molar-refractivity contribution is 14.1. The van der Waals surface area contributed by atoms with Crippen molar-refractivity contribution in [3.8, 4) is 0 Å². The van der Waals surface area contributed by atoms with E-state index < -0.39 is 0 Å². The van der Waals surface area contributed by atoms with E-state index in [0.717, 1.165) is 22.8 Å². The summed E-state index contributed by atoms with van der Waals surface area (Å²) in [6.07, 6.45) is 5.71. The summed E-state index contributed by atoms with van der Waals surface area (Å²) in [6, 6.07) is 6.61. The number of alkyl halides is 1. The Kier molecular flexibility index (Phi) is 4.30. The van der Waals surface area contributed by atoms with Crippen molar-refractivity contribution in [1.29, 1.82) is 0 Å². The van der Waals surface area contributed by atoms with Gasteiger partial charge in [-0.3, -0.25) is 4.79 Å². The minimum atomic E-state index is -0.268. The monoisotopic (exact) mass is 412 g/mol. The first-order valence-corrected chi connectivity index (χ1v) is 9.81. The van der Waals surface area contributed by atoms with Gasteiger partial charge in [-0.15, -0.1) is 0 Å². The molecule has 0 radical (unpaired) electrons. The Bertz CT molecular complexity index is 593. The highest BCUT2D eigenvalue weighted by Gasteiger charge is 2.66. The zero-order chi connectivity index (χ0) is 16.0. The third-order valence-electron chi connectivity index (χ3n) is 5.66. The van der Waals surface area contributed by atoms with Gasteiger partial charge in [0, 0.05) is 4.43 Å². The van der Waals surface area contributed by atoms with Gasteiger partial charge in [0.25, 0.3) is 0 Å². The molecule has 0 aromatic heterocycles. The average Bonchev–Trinajstić information content (AvgIpc) is 3.10. The minimum Gasteiger partial charge on any atom is -0.457 e. The molecule has 1 aromatic carbocycles. The van der Waals surface area contributed by atoms with Crippen molar-refractivity contribution in [1.82, 2.24) is 0 Å². The molecular weight excluding hydrogens is 387 g/mol. The van der Waals surface area contributed by atoms with Gasteiger partial charge in [0.1, 0.15) is 6.10 Å². The summed E-state index contributed by atoms with van der Waals surface area (Å²) >= 11 is 2.32. The first-order chi connectivity index (χ1) is 10.4. The van der Waals surface area contributed by atoms with E-state index in [0.29, 0.717) is 0 Å². The number of benzene rings is 1. The van der Waals surface area contributed by atoms with Crippen LogP contribution in [0.5, 0.6) is 0 Å². The van der Waals surface area contributed by atoms with Crippen molar-refractivity contribution < 1.29 is 9.53 Å². The smallest absolute Gasteiger partial charge is 0.314 e. The van der Waals surface area contributed by atoms with Crippen molar-refractivity contribution in [3.05, 3.63) is 34.9 Å². The number of carbonyl (C=O) groups excluding carboxylic acids is 1. The first-order valence-electron chi connectivity index (χ1n) is 8.28. The molecule has 2 aliphatic carbocycles. The Morgan fingerprint density at radius 3 is 2.50 bits per heavy atom. The molecule has 120 valence electrons. The fourth-order valence-electron chi connectivity index (χ4n) is 3.69. The second kappa shape index (κ2) is 5.81. The fraction of sp³-hybridized carbons (Fsp3) is 0.632. The summed E-state index contributed by atoms with van der Waals surface area (Å²) in [5, 5.41) is 0. The molecule has 2 atom stereocenters. The Balaban J connectivity index is 1.72. The molecule has 0 amide bonds. The van der Waals surface area contributed by atoms with Crippen molar-refractivity contribution >= 4 is 28.6 Å². The molecule has 3 heteroatoms. The third kappa shape index (κ3) is 2.70. The fourth-order valence-corrected chi connectivity index (χ4v) is 5.30. The molecule has 1 aromatic rings. The minimum absolute atomic E-state index is 0.0166. The Labute approximate surface area is 147 Å². The zero-order valence-corrected chi connectivity index (χ0v) is 15.9. The Morgan fingerprint density at radius 1 is 1.27 bits per heavy atom. The molecular formula is C19H25IO2. The van der Waals surface area contributed by atoms with E-state index in [1.54, 1.807) is 0 Å². The van der Waals surface area contributed by atoms with E-state index in [4.69, 9.17) is 4.74 Å². The molecule has 1 fully saturated rings. The summed E-state index contributed by atoms with van der Waals surface area (Å²) < 4.78 is 6.68. The van der Waals surface area contributed by atoms with Crippen LogP contribution < -0.4 is 0 Å². The number of rotatable bonds is 4. The number of hydrogen-bond donors (Lipinski definition) is 0. The lowest BCUT2D eigenvalue weighted by atomic mass is 9.89. The second-order valence-corrected chi connectivity index (χ2v) is 8.32. The van der Waals surface area contributed by atoms with E-state index in [1.807, 2.05) is 6.92 Å². The van der Waals surface area contributed by atoms with E-state index in [9.17, 15) is 4.79 Å². The molecule has 0 heterocycles. The van der Waals surface area contributed by atoms with Gasteiger partial charge in [0.05, 0.1) is 5.41 Å². The molecule has 2 aliphatic rings. The van der Waals surface area contributed by atoms with Gasteiger partial charge >= 0.3 is 5.97 Å². The molecule has 22 heavy (non-hydrogen) atoms. The SMILES string of the molecule is CC(OC(=O)C1(CI)CC1(C)C)c1ccc2c(c1)CCCC2. The van der Waals surface area contributed by atoms with Gasteiger partial charge in [-0.2, -0.15) is 0 Å². The largest absolute Gasteiger partial charge is 0.457 e. The maximum atomic E-state index is 12.6. The maximum absolute atomic E-state index is 12.6. The molecule has 1 saturated carbocycles. The molecule has 0 aliphatic heterocycles. The van der Waals surface area contributed by atoms with Gasteiger partial charge in [0.2, 0.25) is 0 Å². The Hall–Kier alpha value is -0.580. The summed E-state index contributed by atoms with van der Waals surface area (Å²) in [5.41, 5.74) is 3.87. The first kappa shape index (κ1) is 16.3. The van der Waals surface area contributed by atoms with Crippen LogP contribution in [0, 0.1) is 10.8 Å². The maximum Gasteiger partial charge on any atom is 0.314 e. The predicted octanol–water partition coefficient (Wildman–Crippen LogP) is 5.02. The highest BCUT2D eigenvalue weighted by Crippen LogP contribution is 2.65. The van der Waals surface area contributed by atoms with Crippen LogP contribution in [0.4, 0.5) is 0 Å². The van der Waals surface area contributed by atoms with Crippen molar-refractivity contribution in [2.45, 2.75) is 59.0 Å². The van der Waals surface area contributed by atoms with Gasteiger partial charge in [-0.1, -0.05) is 54.6 Å². The van der Waals surface area contributed by atoms with Crippen LogP contribution in [-0.2, 0) is 22.4 Å². The number of ether oxygens (including phenoxy) is 1. The standard InChI is InChI=1S/C19H25IO2/c1-13(22-17(21)19(12-20)11-18(19,2)3)15-9-8-14-6-4-5-7-16(14)10-15/h8-10,13H,4-7,11-12H2,1-3H3. The summed E-state index contributed by atoms with van der Waals surface area (Å²) in [6.45, 7) is 6.33. The van der Waals surface area contributed by atoms with Crippen LogP contribution in [0.2, 0.25) is 0 Å². The lowest BCUT2D eigenvalue weighted by Gasteiger charge is -2.22. The molecule has 3 rings (SSSR count).